The highest BCUT2D eigenvalue weighted by Crippen LogP contribution is 2.31. The highest BCUT2D eigenvalue weighted by molar-refractivity contribution is 7.17. The van der Waals surface area contributed by atoms with Crippen molar-refractivity contribution in [3.05, 3.63) is 46.3 Å². The molecule has 0 aliphatic rings. The van der Waals surface area contributed by atoms with Crippen molar-refractivity contribution in [2.45, 2.75) is 13.8 Å². The number of benzene rings is 1. The van der Waals surface area contributed by atoms with Crippen LogP contribution in [-0.4, -0.2) is 18.9 Å². The SMILES string of the molecule is COC(=O)c1ccc(C)c(-c2ccc(C(C)=O)s2)c1. The predicted octanol–water partition coefficient (Wildman–Crippen LogP) is 3.71. The zero-order valence-electron chi connectivity index (χ0n) is 11.0. The van der Waals surface area contributed by atoms with Gasteiger partial charge in [-0.15, -0.1) is 11.3 Å². The van der Waals surface area contributed by atoms with Gasteiger partial charge >= 0.3 is 5.97 Å². The number of ketones is 1. The molecule has 0 atom stereocenters. The van der Waals surface area contributed by atoms with E-state index in [2.05, 4.69) is 0 Å². The number of rotatable bonds is 3. The van der Waals surface area contributed by atoms with Gasteiger partial charge in [-0.3, -0.25) is 4.79 Å². The number of carbonyl (C=O) groups is 2. The number of carbonyl (C=O) groups excluding carboxylic acids is 2. The summed E-state index contributed by atoms with van der Waals surface area (Å²) in [4.78, 5) is 24.6. The first-order chi connectivity index (χ1) is 9.02. The lowest BCUT2D eigenvalue weighted by atomic mass is 10.0. The molecule has 2 aromatic rings. The van der Waals surface area contributed by atoms with Crippen molar-refractivity contribution in [1.29, 1.82) is 0 Å². The van der Waals surface area contributed by atoms with Gasteiger partial charge in [-0.25, -0.2) is 4.79 Å². The Bertz CT molecular complexity index is 641. The lowest BCUT2D eigenvalue weighted by Gasteiger charge is -2.06. The Hall–Kier alpha value is -1.94. The van der Waals surface area contributed by atoms with Crippen molar-refractivity contribution in [2.75, 3.05) is 7.11 Å². The smallest absolute Gasteiger partial charge is 0.337 e. The molecule has 0 saturated carbocycles. The predicted molar refractivity (Wildman–Crippen MR) is 75.8 cm³/mol. The monoisotopic (exact) mass is 274 g/mol. The van der Waals surface area contributed by atoms with Gasteiger partial charge in [0.25, 0.3) is 0 Å². The number of ether oxygens (including phenoxy) is 1. The van der Waals surface area contributed by atoms with Crippen LogP contribution in [0.25, 0.3) is 10.4 Å². The maximum Gasteiger partial charge on any atom is 0.337 e. The molecular weight excluding hydrogens is 260 g/mol. The number of thiophene rings is 1. The van der Waals surface area contributed by atoms with E-state index in [0.717, 1.165) is 20.9 Å². The fourth-order valence-corrected chi connectivity index (χ4v) is 2.79. The zero-order valence-corrected chi connectivity index (χ0v) is 11.8. The van der Waals surface area contributed by atoms with Crippen LogP contribution in [0.5, 0.6) is 0 Å². The summed E-state index contributed by atoms with van der Waals surface area (Å²) in [5.41, 5.74) is 2.53. The number of hydrogen-bond donors (Lipinski definition) is 0. The third kappa shape index (κ3) is 2.74. The van der Waals surface area contributed by atoms with Crippen LogP contribution in [0.3, 0.4) is 0 Å². The molecule has 0 bridgehead atoms. The lowest BCUT2D eigenvalue weighted by Crippen LogP contribution is -2.01. The third-order valence-electron chi connectivity index (χ3n) is 2.88. The molecule has 0 saturated heterocycles. The molecule has 0 amide bonds. The summed E-state index contributed by atoms with van der Waals surface area (Å²) in [6.07, 6.45) is 0. The van der Waals surface area contributed by atoms with Gasteiger partial charge in [0, 0.05) is 4.88 Å². The molecule has 0 aliphatic heterocycles. The molecule has 4 heteroatoms. The quantitative estimate of drug-likeness (QED) is 0.633. The number of Topliss-reactive ketones (excluding diaryl/α,β-unsaturated/α-hetero) is 1. The minimum Gasteiger partial charge on any atom is -0.465 e. The molecule has 0 fully saturated rings. The molecule has 1 heterocycles. The number of aryl methyl sites for hydroxylation is 1. The Morgan fingerprint density at radius 3 is 2.47 bits per heavy atom. The standard InChI is InChI=1S/C15H14O3S/c1-9-4-5-11(15(17)18-3)8-12(9)14-7-6-13(19-14)10(2)16/h4-8H,1-3H3. The molecule has 0 unspecified atom stereocenters. The lowest BCUT2D eigenvalue weighted by molar-refractivity contribution is 0.0600. The summed E-state index contributed by atoms with van der Waals surface area (Å²) in [6, 6.07) is 9.15. The highest BCUT2D eigenvalue weighted by Gasteiger charge is 2.12. The second kappa shape index (κ2) is 5.36. The summed E-state index contributed by atoms with van der Waals surface area (Å²) in [7, 11) is 1.36. The number of methoxy groups -OCH3 is 1. The van der Waals surface area contributed by atoms with E-state index in [0.29, 0.717) is 5.56 Å². The van der Waals surface area contributed by atoms with E-state index in [1.54, 1.807) is 19.1 Å². The van der Waals surface area contributed by atoms with E-state index in [9.17, 15) is 9.59 Å². The van der Waals surface area contributed by atoms with Gasteiger partial charge in [0.15, 0.2) is 5.78 Å². The average Bonchev–Trinajstić information content (AvgIpc) is 2.88. The molecule has 2 rings (SSSR count). The summed E-state index contributed by atoms with van der Waals surface area (Å²) in [6.45, 7) is 3.52. The van der Waals surface area contributed by atoms with Gasteiger partial charge < -0.3 is 4.74 Å². The first-order valence-electron chi connectivity index (χ1n) is 5.83. The second-order valence-corrected chi connectivity index (χ2v) is 5.33. The topological polar surface area (TPSA) is 43.4 Å². The Labute approximate surface area is 115 Å². The molecular formula is C15H14O3S. The molecule has 0 aliphatic carbocycles. The fraction of sp³-hybridized carbons (Fsp3) is 0.200. The number of esters is 1. The second-order valence-electron chi connectivity index (χ2n) is 4.24. The minimum absolute atomic E-state index is 0.0537. The summed E-state index contributed by atoms with van der Waals surface area (Å²) in [5, 5.41) is 0. The molecule has 1 aromatic heterocycles. The average molecular weight is 274 g/mol. The largest absolute Gasteiger partial charge is 0.465 e. The van der Waals surface area contributed by atoms with Crippen LogP contribution in [0.2, 0.25) is 0 Å². The van der Waals surface area contributed by atoms with Crippen molar-refractivity contribution < 1.29 is 14.3 Å². The van der Waals surface area contributed by atoms with E-state index < -0.39 is 0 Å². The van der Waals surface area contributed by atoms with Crippen molar-refractivity contribution >= 4 is 23.1 Å². The van der Waals surface area contributed by atoms with Crippen LogP contribution in [-0.2, 0) is 4.74 Å². The third-order valence-corrected chi connectivity index (χ3v) is 4.10. The van der Waals surface area contributed by atoms with Crippen LogP contribution in [0.15, 0.2) is 30.3 Å². The fourth-order valence-electron chi connectivity index (χ4n) is 1.80. The van der Waals surface area contributed by atoms with E-state index >= 15 is 0 Å². The van der Waals surface area contributed by atoms with Crippen LogP contribution in [0.1, 0.15) is 32.5 Å². The molecule has 0 spiro atoms. The van der Waals surface area contributed by atoms with Crippen molar-refractivity contribution in [3.63, 3.8) is 0 Å². The molecule has 19 heavy (non-hydrogen) atoms. The number of hydrogen-bond acceptors (Lipinski definition) is 4. The van der Waals surface area contributed by atoms with Gasteiger partial charge in [0.2, 0.25) is 0 Å². The van der Waals surface area contributed by atoms with Crippen LogP contribution < -0.4 is 0 Å². The first-order valence-corrected chi connectivity index (χ1v) is 6.64. The first kappa shape index (κ1) is 13.5. The summed E-state index contributed by atoms with van der Waals surface area (Å²) in [5.74, 6) is -0.303. The van der Waals surface area contributed by atoms with Crippen molar-refractivity contribution in [1.82, 2.24) is 0 Å². The molecule has 98 valence electrons. The van der Waals surface area contributed by atoms with E-state index in [4.69, 9.17) is 4.74 Å². The zero-order chi connectivity index (χ0) is 14.0. The maximum absolute atomic E-state index is 11.5. The summed E-state index contributed by atoms with van der Waals surface area (Å²) >= 11 is 1.43. The van der Waals surface area contributed by atoms with Crippen LogP contribution in [0, 0.1) is 6.92 Å². The highest BCUT2D eigenvalue weighted by atomic mass is 32.1. The van der Waals surface area contributed by atoms with Gasteiger partial charge in [-0.2, -0.15) is 0 Å². The Balaban J connectivity index is 2.48. The Kier molecular flexibility index (Phi) is 3.81. The summed E-state index contributed by atoms with van der Waals surface area (Å²) < 4.78 is 4.72. The minimum atomic E-state index is -0.357. The van der Waals surface area contributed by atoms with E-state index in [1.165, 1.54) is 18.4 Å². The Morgan fingerprint density at radius 1 is 1.16 bits per heavy atom. The van der Waals surface area contributed by atoms with Crippen LogP contribution >= 0.6 is 11.3 Å². The van der Waals surface area contributed by atoms with E-state index in [1.807, 2.05) is 25.1 Å². The molecule has 3 nitrogen and oxygen atoms in total. The van der Waals surface area contributed by atoms with Crippen LogP contribution in [0.4, 0.5) is 0 Å². The van der Waals surface area contributed by atoms with Gasteiger partial charge in [0.05, 0.1) is 17.6 Å². The van der Waals surface area contributed by atoms with Gasteiger partial charge in [-0.05, 0) is 49.2 Å². The van der Waals surface area contributed by atoms with Crippen molar-refractivity contribution in [2.24, 2.45) is 0 Å². The maximum atomic E-state index is 11.5. The van der Waals surface area contributed by atoms with Crippen molar-refractivity contribution in [3.8, 4) is 10.4 Å². The molecule has 0 N–H and O–H groups in total. The normalized spacial score (nSPS) is 10.3. The van der Waals surface area contributed by atoms with Gasteiger partial charge in [0.1, 0.15) is 0 Å². The van der Waals surface area contributed by atoms with Gasteiger partial charge in [-0.1, -0.05) is 6.07 Å². The van der Waals surface area contributed by atoms with E-state index in [-0.39, 0.29) is 11.8 Å². The molecule has 0 radical (unpaired) electrons. The molecule has 1 aromatic carbocycles. The Morgan fingerprint density at radius 2 is 1.89 bits per heavy atom.